The second kappa shape index (κ2) is 8.06. The maximum atomic E-state index is 12.9. The first-order chi connectivity index (χ1) is 13.2. The van der Waals surface area contributed by atoms with E-state index in [-0.39, 0.29) is 5.91 Å². The van der Waals surface area contributed by atoms with Crippen LogP contribution in [0.4, 0.5) is 5.69 Å². The summed E-state index contributed by atoms with van der Waals surface area (Å²) in [5.74, 6) is 0.544. The summed E-state index contributed by atoms with van der Waals surface area (Å²) in [6.07, 6.45) is 2.51. The van der Waals surface area contributed by atoms with Crippen LogP contribution in [0, 0.1) is 6.92 Å². The number of anilines is 1. The van der Waals surface area contributed by atoms with E-state index in [0.29, 0.717) is 18.1 Å². The van der Waals surface area contributed by atoms with Gasteiger partial charge in [0.1, 0.15) is 6.61 Å². The van der Waals surface area contributed by atoms with Crippen molar-refractivity contribution in [3.05, 3.63) is 53.2 Å². The van der Waals surface area contributed by atoms with Crippen LogP contribution in [0.3, 0.4) is 0 Å². The van der Waals surface area contributed by atoms with Crippen molar-refractivity contribution < 1.29 is 14.3 Å². The summed E-state index contributed by atoms with van der Waals surface area (Å²) in [6, 6.07) is 9.82. The first kappa shape index (κ1) is 17.9. The first-order valence-corrected chi connectivity index (χ1v) is 9.51. The summed E-state index contributed by atoms with van der Waals surface area (Å²) in [4.78, 5) is 21.3. The number of morpholine rings is 1. The standard InChI is InChI=1S/C21H25N3O3/c1-16-2-4-19-17(14-16)6-7-24(19)21(25)18-3-5-20(22-15-18)27-13-10-23-8-11-26-12-9-23/h2-5,14-15H,6-13H2,1H3. The molecule has 0 unspecified atom stereocenters. The fourth-order valence-electron chi connectivity index (χ4n) is 3.59. The molecule has 0 saturated carbocycles. The molecule has 142 valence electrons. The Labute approximate surface area is 159 Å². The van der Waals surface area contributed by atoms with E-state index in [1.165, 1.54) is 11.1 Å². The highest BCUT2D eigenvalue weighted by atomic mass is 16.5. The Bertz CT molecular complexity index is 801. The molecule has 0 N–H and O–H groups in total. The number of benzene rings is 1. The lowest BCUT2D eigenvalue weighted by atomic mass is 10.1. The predicted octanol–water partition coefficient (Wildman–Crippen LogP) is 2.30. The molecule has 3 heterocycles. The molecule has 1 aromatic heterocycles. The Morgan fingerprint density at radius 3 is 2.81 bits per heavy atom. The average Bonchev–Trinajstić information content (AvgIpc) is 3.12. The molecule has 1 saturated heterocycles. The molecule has 1 aromatic carbocycles. The van der Waals surface area contributed by atoms with Gasteiger partial charge in [0.25, 0.3) is 5.91 Å². The van der Waals surface area contributed by atoms with Crippen LogP contribution in [0.5, 0.6) is 5.88 Å². The van der Waals surface area contributed by atoms with Gasteiger partial charge in [-0.05, 0) is 31.0 Å². The van der Waals surface area contributed by atoms with Crippen molar-refractivity contribution in [1.82, 2.24) is 9.88 Å². The van der Waals surface area contributed by atoms with Gasteiger partial charge >= 0.3 is 0 Å². The van der Waals surface area contributed by atoms with Gasteiger partial charge in [0.05, 0.1) is 18.8 Å². The van der Waals surface area contributed by atoms with Gasteiger partial charge in [-0.3, -0.25) is 9.69 Å². The van der Waals surface area contributed by atoms with Crippen molar-refractivity contribution in [3.63, 3.8) is 0 Å². The lowest BCUT2D eigenvalue weighted by Gasteiger charge is -2.26. The summed E-state index contributed by atoms with van der Waals surface area (Å²) in [5, 5.41) is 0. The SMILES string of the molecule is Cc1ccc2c(c1)CCN2C(=O)c1ccc(OCCN2CCOCC2)nc1. The Morgan fingerprint density at radius 1 is 1.19 bits per heavy atom. The molecular weight excluding hydrogens is 342 g/mol. The molecular formula is C21H25N3O3. The van der Waals surface area contributed by atoms with E-state index in [9.17, 15) is 4.79 Å². The lowest BCUT2D eigenvalue weighted by Crippen LogP contribution is -2.38. The van der Waals surface area contributed by atoms with E-state index in [0.717, 1.165) is 51.5 Å². The molecule has 0 bridgehead atoms. The number of aryl methyl sites for hydroxylation is 1. The zero-order chi connectivity index (χ0) is 18.6. The Kier molecular flexibility index (Phi) is 5.36. The van der Waals surface area contributed by atoms with Gasteiger partial charge in [-0.25, -0.2) is 4.98 Å². The molecule has 2 aliphatic heterocycles. The van der Waals surface area contributed by atoms with E-state index < -0.39 is 0 Å². The minimum atomic E-state index is -0.00929. The highest BCUT2D eigenvalue weighted by Gasteiger charge is 2.25. The predicted molar refractivity (Wildman–Crippen MR) is 104 cm³/mol. The zero-order valence-corrected chi connectivity index (χ0v) is 15.7. The number of fused-ring (bicyclic) bond motifs is 1. The lowest BCUT2D eigenvalue weighted by molar-refractivity contribution is 0.0320. The first-order valence-electron chi connectivity index (χ1n) is 9.51. The van der Waals surface area contributed by atoms with Gasteiger partial charge in [0, 0.05) is 44.1 Å². The van der Waals surface area contributed by atoms with Crippen LogP contribution < -0.4 is 9.64 Å². The second-order valence-electron chi connectivity index (χ2n) is 7.03. The summed E-state index contributed by atoms with van der Waals surface area (Å²) < 4.78 is 11.1. The molecule has 4 rings (SSSR count). The van der Waals surface area contributed by atoms with Crippen LogP contribution >= 0.6 is 0 Å². The van der Waals surface area contributed by atoms with Gasteiger partial charge in [-0.15, -0.1) is 0 Å². The summed E-state index contributed by atoms with van der Waals surface area (Å²) in [7, 11) is 0. The van der Waals surface area contributed by atoms with Crippen LogP contribution in [-0.2, 0) is 11.2 Å². The molecule has 0 radical (unpaired) electrons. The highest BCUT2D eigenvalue weighted by molar-refractivity contribution is 6.07. The van der Waals surface area contributed by atoms with Crippen LogP contribution in [0.25, 0.3) is 0 Å². The van der Waals surface area contributed by atoms with Gasteiger partial charge in [0.2, 0.25) is 5.88 Å². The molecule has 6 heteroatoms. The fraction of sp³-hybridized carbons (Fsp3) is 0.429. The van der Waals surface area contributed by atoms with Crippen molar-refractivity contribution in [1.29, 1.82) is 0 Å². The largest absolute Gasteiger partial charge is 0.476 e. The summed E-state index contributed by atoms with van der Waals surface area (Å²) in [6.45, 7) is 7.70. The van der Waals surface area contributed by atoms with Crippen LogP contribution in [0.2, 0.25) is 0 Å². The van der Waals surface area contributed by atoms with Gasteiger partial charge in [-0.1, -0.05) is 17.7 Å². The smallest absolute Gasteiger partial charge is 0.259 e. The zero-order valence-electron chi connectivity index (χ0n) is 15.7. The monoisotopic (exact) mass is 367 g/mol. The van der Waals surface area contributed by atoms with E-state index in [1.54, 1.807) is 18.3 Å². The van der Waals surface area contributed by atoms with Gasteiger partial charge in [0.15, 0.2) is 0 Å². The summed E-state index contributed by atoms with van der Waals surface area (Å²) in [5.41, 5.74) is 4.06. The minimum absolute atomic E-state index is 0.00929. The van der Waals surface area contributed by atoms with Crippen molar-refractivity contribution in [2.75, 3.05) is 50.9 Å². The van der Waals surface area contributed by atoms with E-state index in [1.807, 2.05) is 17.0 Å². The quantitative estimate of drug-likeness (QED) is 0.812. The summed E-state index contributed by atoms with van der Waals surface area (Å²) >= 11 is 0. The number of pyridine rings is 1. The normalized spacial score (nSPS) is 17.0. The molecule has 0 spiro atoms. The third kappa shape index (κ3) is 4.12. The van der Waals surface area contributed by atoms with Crippen molar-refractivity contribution in [2.24, 2.45) is 0 Å². The maximum Gasteiger partial charge on any atom is 0.259 e. The molecule has 0 aliphatic carbocycles. The molecule has 6 nitrogen and oxygen atoms in total. The molecule has 2 aromatic rings. The van der Waals surface area contributed by atoms with Gasteiger partial charge in [-0.2, -0.15) is 0 Å². The minimum Gasteiger partial charge on any atom is -0.476 e. The number of hydrogen-bond acceptors (Lipinski definition) is 5. The number of amides is 1. The molecule has 1 fully saturated rings. The van der Waals surface area contributed by atoms with E-state index in [2.05, 4.69) is 22.9 Å². The highest BCUT2D eigenvalue weighted by Crippen LogP contribution is 2.30. The number of aromatic nitrogens is 1. The van der Waals surface area contributed by atoms with Crippen molar-refractivity contribution in [3.8, 4) is 5.88 Å². The van der Waals surface area contributed by atoms with Crippen molar-refractivity contribution >= 4 is 11.6 Å². The average molecular weight is 367 g/mol. The number of nitrogens with zero attached hydrogens (tertiary/aromatic N) is 3. The van der Waals surface area contributed by atoms with Crippen LogP contribution in [-0.4, -0.2) is 61.8 Å². The number of carbonyl (C=O) groups excluding carboxylic acids is 1. The molecule has 27 heavy (non-hydrogen) atoms. The Morgan fingerprint density at radius 2 is 2.04 bits per heavy atom. The number of rotatable bonds is 5. The van der Waals surface area contributed by atoms with Crippen LogP contribution in [0.15, 0.2) is 36.5 Å². The second-order valence-corrected chi connectivity index (χ2v) is 7.03. The Hall–Kier alpha value is -2.44. The fourth-order valence-corrected chi connectivity index (χ4v) is 3.59. The molecule has 1 amide bonds. The van der Waals surface area contributed by atoms with Crippen molar-refractivity contribution in [2.45, 2.75) is 13.3 Å². The number of hydrogen-bond donors (Lipinski definition) is 0. The maximum absolute atomic E-state index is 12.9. The number of ether oxygens (including phenoxy) is 2. The topological polar surface area (TPSA) is 54.9 Å². The van der Waals surface area contributed by atoms with E-state index >= 15 is 0 Å². The third-order valence-electron chi connectivity index (χ3n) is 5.12. The number of carbonyl (C=O) groups is 1. The Balaban J connectivity index is 1.34. The van der Waals surface area contributed by atoms with Crippen LogP contribution in [0.1, 0.15) is 21.5 Å². The third-order valence-corrected chi connectivity index (χ3v) is 5.12. The van der Waals surface area contributed by atoms with E-state index in [4.69, 9.17) is 9.47 Å². The van der Waals surface area contributed by atoms with Gasteiger partial charge < -0.3 is 14.4 Å². The molecule has 0 atom stereocenters. The molecule has 2 aliphatic rings.